The molecule has 5 heteroatoms. The van der Waals surface area contributed by atoms with Gasteiger partial charge in [-0.05, 0) is 37.8 Å². The van der Waals surface area contributed by atoms with E-state index in [2.05, 4.69) is 10.3 Å². The van der Waals surface area contributed by atoms with Crippen LogP contribution < -0.4 is 5.32 Å². The van der Waals surface area contributed by atoms with Crippen LogP contribution >= 0.6 is 0 Å². The van der Waals surface area contributed by atoms with Crippen LogP contribution in [0, 0.1) is 0 Å². The summed E-state index contributed by atoms with van der Waals surface area (Å²) in [5, 5.41) is 2.98. The molecule has 0 spiro atoms. The summed E-state index contributed by atoms with van der Waals surface area (Å²) in [6.45, 7) is 1.44. The molecule has 1 aromatic rings. The smallest absolute Gasteiger partial charge is 0.270 e. The lowest BCUT2D eigenvalue weighted by atomic mass is 9.93. The number of amides is 1. The minimum Gasteiger partial charge on any atom is -0.381 e. The first-order valence-electron chi connectivity index (χ1n) is 6.92. The van der Waals surface area contributed by atoms with Crippen LogP contribution in [0.4, 0.5) is 0 Å². The molecule has 1 aliphatic carbocycles. The van der Waals surface area contributed by atoms with Gasteiger partial charge >= 0.3 is 0 Å². The summed E-state index contributed by atoms with van der Waals surface area (Å²) in [6.07, 6.45) is 4.06. The minimum atomic E-state index is -0.214. The number of ketones is 1. The topological polar surface area (TPSA) is 68.3 Å². The van der Waals surface area contributed by atoms with Gasteiger partial charge in [-0.15, -0.1) is 0 Å². The third kappa shape index (κ3) is 3.63. The molecule has 1 heterocycles. The Morgan fingerprint density at radius 2 is 1.85 bits per heavy atom. The monoisotopic (exact) mass is 276 g/mol. The number of pyridine rings is 1. The predicted octanol–water partition coefficient (Wildman–Crippen LogP) is 1.97. The number of carbonyl (C=O) groups is 2. The molecule has 1 aliphatic rings. The number of Topliss-reactive ketones (excluding diaryl/α,β-unsaturated/α-hetero) is 1. The molecule has 0 unspecified atom stereocenters. The van der Waals surface area contributed by atoms with Crippen LogP contribution in [0.25, 0.3) is 0 Å². The quantitative estimate of drug-likeness (QED) is 0.854. The summed E-state index contributed by atoms with van der Waals surface area (Å²) in [5.74, 6) is -0.353. The van der Waals surface area contributed by atoms with Gasteiger partial charge in [0, 0.05) is 20.1 Å². The van der Waals surface area contributed by atoms with E-state index in [0.717, 1.165) is 25.7 Å². The number of carbonyl (C=O) groups excluding carboxylic acids is 2. The van der Waals surface area contributed by atoms with E-state index in [4.69, 9.17) is 4.74 Å². The average Bonchev–Trinajstić information content (AvgIpc) is 2.48. The maximum Gasteiger partial charge on any atom is 0.270 e. The van der Waals surface area contributed by atoms with Crippen LogP contribution in [-0.2, 0) is 4.74 Å². The molecule has 5 nitrogen and oxygen atoms in total. The number of hydrogen-bond acceptors (Lipinski definition) is 4. The molecule has 1 amide bonds. The number of rotatable bonds is 4. The highest BCUT2D eigenvalue weighted by atomic mass is 16.5. The van der Waals surface area contributed by atoms with Crippen molar-refractivity contribution in [2.75, 3.05) is 7.11 Å². The Morgan fingerprint density at radius 1 is 1.20 bits per heavy atom. The first kappa shape index (κ1) is 14.7. The first-order valence-corrected chi connectivity index (χ1v) is 6.92. The van der Waals surface area contributed by atoms with Crippen LogP contribution in [0.3, 0.4) is 0 Å². The van der Waals surface area contributed by atoms with Crippen LogP contribution in [0.2, 0.25) is 0 Å². The van der Waals surface area contributed by atoms with Gasteiger partial charge in [0.1, 0.15) is 11.4 Å². The fourth-order valence-corrected chi connectivity index (χ4v) is 2.46. The van der Waals surface area contributed by atoms with Crippen LogP contribution in [0.5, 0.6) is 0 Å². The highest BCUT2D eigenvalue weighted by Gasteiger charge is 2.22. The van der Waals surface area contributed by atoms with Crippen molar-refractivity contribution in [2.45, 2.75) is 44.8 Å². The second-order valence-electron chi connectivity index (χ2n) is 5.15. The zero-order valence-electron chi connectivity index (χ0n) is 11.9. The maximum atomic E-state index is 12.1. The van der Waals surface area contributed by atoms with Crippen molar-refractivity contribution in [1.82, 2.24) is 10.3 Å². The van der Waals surface area contributed by atoms with Gasteiger partial charge in [0.15, 0.2) is 5.78 Å². The molecule has 0 bridgehead atoms. The molecule has 1 fully saturated rings. The Kier molecular flexibility index (Phi) is 4.84. The van der Waals surface area contributed by atoms with Gasteiger partial charge in [-0.25, -0.2) is 4.98 Å². The number of hydrogen-bond donors (Lipinski definition) is 1. The molecule has 1 N–H and O–H groups in total. The second kappa shape index (κ2) is 6.61. The minimum absolute atomic E-state index is 0.139. The molecule has 0 saturated heterocycles. The molecular weight excluding hydrogens is 256 g/mol. The van der Waals surface area contributed by atoms with Gasteiger partial charge in [-0.2, -0.15) is 0 Å². The zero-order valence-corrected chi connectivity index (χ0v) is 11.9. The number of aromatic nitrogens is 1. The largest absolute Gasteiger partial charge is 0.381 e. The van der Waals surface area contributed by atoms with Crippen molar-refractivity contribution in [3.63, 3.8) is 0 Å². The molecule has 1 saturated carbocycles. The van der Waals surface area contributed by atoms with Crippen molar-refractivity contribution in [1.29, 1.82) is 0 Å². The normalized spacial score (nSPS) is 22.3. The van der Waals surface area contributed by atoms with Gasteiger partial charge in [-0.1, -0.05) is 6.07 Å². The predicted molar refractivity (Wildman–Crippen MR) is 74.8 cm³/mol. The molecule has 0 aromatic carbocycles. The summed E-state index contributed by atoms with van der Waals surface area (Å²) in [4.78, 5) is 27.5. The van der Waals surface area contributed by atoms with Gasteiger partial charge in [-0.3, -0.25) is 9.59 Å². The van der Waals surface area contributed by atoms with Crippen LogP contribution in [-0.4, -0.2) is 35.9 Å². The van der Waals surface area contributed by atoms with Crippen molar-refractivity contribution < 1.29 is 14.3 Å². The summed E-state index contributed by atoms with van der Waals surface area (Å²) >= 11 is 0. The fraction of sp³-hybridized carbons (Fsp3) is 0.533. The number of nitrogens with one attached hydrogen (secondary N) is 1. The van der Waals surface area contributed by atoms with Gasteiger partial charge in [0.05, 0.1) is 6.10 Å². The number of methoxy groups -OCH3 is 1. The van der Waals surface area contributed by atoms with E-state index in [1.165, 1.54) is 6.92 Å². The summed E-state index contributed by atoms with van der Waals surface area (Å²) in [6, 6.07) is 5.09. The van der Waals surface area contributed by atoms with Gasteiger partial charge in [0.2, 0.25) is 0 Å². The van der Waals surface area contributed by atoms with E-state index >= 15 is 0 Å². The Morgan fingerprint density at radius 3 is 2.45 bits per heavy atom. The van der Waals surface area contributed by atoms with Crippen LogP contribution in [0.15, 0.2) is 18.2 Å². The number of ether oxygens (including phenoxy) is 1. The lowest BCUT2D eigenvalue weighted by Gasteiger charge is -2.28. The molecule has 108 valence electrons. The summed E-state index contributed by atoms with van der Waals surface area (Å²) in [5.41, 5.74) is 0.618. The van der Waals surface area contributed by atoms with Crippen molar-refractivity contribution >= 4 is 11.7 Å². The molecule has 0 radical (unpaired) electrons. The van der Waals surface area contributed by atoms with E-state index in [0.29, 0.717) is 17.5 Å². The van der Waals surface area contributed by atoms with E-state index in [1.54, 1.807) is 25.3 Å². The fourth-order valence-electron chi connectivity index (χ4n) is 2.46. The van der Waals surface area contributed by atoms with E-state index in [-0.39, 0.29) is 17.7 Å². The maximum absolute atomic E-state index is 12.1. The highest BCUT2D eigenvalue weighted by molar-refractivity contribution is 5.96. The lowest BCUT2D eigenvalue weighted by Crippen LogP contribution is -2.39. The van der Waals surface area contributed by atoms with E-state index < -0.39 is 0 Å². The summed E-state index contributed by atoms with van der Waals surface area (Å²) in [7, 11) is 1.72. The van der Waals surface area contributed by atoms with Gasteiger partial charge in [0.25, 0.3) is 5.91 Å². The van der Waals surface area contributed by atoms with E-state index in [9.17, 15) is 9.59 Å². The Balaban J connectivity index is 1.95. The third-order valence-corrected chi connectivity index (χ3v) is 3.69. The molecular formula is C15H20N2O3. The molecule has 0 aliphatic heterocycles. The Hall–Kier alpha value is -1.75. The van der Waals surface area contributed by atoms with Crippen molar-refractivity contribution in [2.24, 2.45) is 0 Å². The Labute approximate surface area is 118 Å². The second-order valence-corrected chi connectivity index (χ2v) is 5.15. The lowest BCUT2D eigenvalue weighted by molar-refractivity contribution is 0.0598. The van der Waals surface area contributed by atoms with Gasteiger partial charge < -0.3 is 10.1 Å². The highest BCUT2D eigenvalue weighted by Crippen LogP contribution is 2.20. The average molecular weight is 276 g/mol. The first-order chi connectivity index (χ1) is 9.60. The SMILES string of the molecule is COC1CCC(NC(=O)c2cccc(C(C)=O)n2)CC1. The standard InChI is InChI=1S/C15H20N2O3/c1-10(18)13-4-3-5-14(17-13)15(19)16-11-6-8-12(20-2)9-7-11/h3-5,11-12H,6-9H2,1-2H3,(H,16,19). The Bertz CT molecular complexity index is 494. The summed E-state index contributed by atoms with van der Waals surface area (Å²) < 4.78 is 5.31. The molecule has 2 rings (SSSR count). The third-order valence-electron chi connectivity index (χ3n) is 3.69. The van der Waals surface area contributed by atoms with Crippen molar-refractivity contribution in [3.8, 4) is 0 Å². The van der Waals surface area contributed by atoms with E-state index in [1.807, 2.05) is 0 Å². The molecule has 0 atom stereocenters. The number of nitrogens with zero attached hydrogens (tertiary/aromatic N) is 1. The molecule has 1 aromatic heterocycles. The van der Waals surface area contributed by atoms with Crippen molar-refractivity contribution in [3.05, 3.63) is 29.6 Å². The zero-order chi connectivity index (χ0) is 14.5. The molecule has 20 heavy (non-hydrogen) atoms. The van der Waals surface area contributed by atoms with Crippen LogP contribution in [0.1, 0.15) is 53.6 Å².